The van der Waals surface area contributed by atoms with Gasteiger partial charge in [-0.2, -0.15) is 4.98 Å². The molecule has 0 saturated carbocycles. The molecule has 0 fully saturated rings. The predicted molar refractivity (Wildman–Crippen MR) is 43.5 cm³/mol. The SMILES string of the molecule is CC(N)Cc1nc2oncc2[nH]1. The minimum Gasteiger partial charge on any atom is -0.338 e. The standard InChI is InChI=1S/C7H10N4O/c1-4(8)2-6-10-5-3-9-12-7(5)11-6/h3-4H,2,8H2,1H3,(H,10,11). The molecule has 0 amide bonds. The summed E-state index contributed by atoms with van der Waals surface area (Å²) in [5, 5.41) is 3.58. The van der Waals surface area contributed by atoms with E-state index in [-0.39, 0.29) is 6.04 Å². The lowest BCUT2D eigenvalue weighted by atomic mass is 10.2. The third-order valence-corrected chi connectivity index (χ3v) is 1.58. The second kappa shape index (κ2) is 2.60. The number of nitrogens with zero attached hydrogens (tertiary/aromatic N) is 2. The van der Waals surface area contributed by atoms with Crippen LogP contribution in [0, 0.1) is 0 Å². The van der Waals surface area contributed by atoms with Crippen LogP contribution < -0.4 is 5.73 Å². The van der Waals surface area contributed by atoms with Crippen LogP contribution in [0.3, 0.4) is 0 Å². The molecule has 64 valence electrons. The number of hydrogen-bond donors (Lipinski definition) is 2. The van der Waals surface area contributed by atoms with E-state index in [1.165, 1.54) is 0 Å². The van der Waals surface area contributed by atoms with Crippen LogP contribution in [0.15, 0.2) is 10.7 Å². The molecule has 2 aromatic rings. The maximum Gasteiger partial charge on any atom is 0.275 e. The first-order chi connectivity index (χ1) is 5.75. The van der Waals surface area contributed by atoms with Gasteiger partial charge in [-0.1, -0.05) is 5.16 Å². The Labute approximate surface area is 68.9 Å². The normalized spacial score (nSPS) is 13.8. The Hall–Kier alpha value is -1.36. The van der Waals surface area contributed by atoms with Crippen LogP contribution in [0.5, 0.6) is 0 Å². The molecule has 0 aliphatic heterocycles. The lowest BCUT2D eigenvalue weighted by Gasteiger charge is -1.98. The highest BCUT2D eigenvalue weighted by Crippen LogP contribution is 2.09. The van der Waals surface area contributed by atoms with Crippen LogP contribution in [0.1, 0.15) is 12.7 Å². The maximum absolute atomic E-state index is 5.61. The minimum atomic E-state index is 0.105. The molecule has 0 aliphatic carbocycles. The molecule has 5 nitrogen and oxygen atoms in total. The lowest BCUT2D eigenvalue weighted by molar-refractivity contribution is 0.448. The van der Waals surface area contributed by atoms with Crippen molar-refractivity contribution in [1.82, 2.24) is 15.1 Å². The van der Waals surface area contributed by atoms with Crippen LogP contribution >= 0.6 is 0 Å². The van der Waals surface area contributed by atoms with Gasteiger partial charge in [0.15, 0.2) is 0 Å². The molecule has 2 aromatic heterocycles. The topological polar surface area (TPSA) is 80.7 Å². The first-order valence-corrected chi connectivity index (χ1v) is 3.80. The van der Waals surface area contributed by atoms with Crippen molar-refractivity contribution in [2.24, 2.45) is 5.73 Å². The average Bonchev–Trinajstić information content (AvgIpc) is 2.43. The summed E-state index contributed by atoms with van der Waals surface area (Å²) >= 11 is 0. The molecule has 2 heterocycles. The summed E-state index contributed by atoms with van der Waals surface area (Å²) in [7, 11) is 0. The summed E-state index contributed by atoms with van der Waals surface area (Å²) in [5.41, 5.74) is 6.98. The highest BCUT2D eigenvalue weighted by molar-refractivity contribution is 5.66. The Morgan fingerprint density at radius 3 is 3.25 bits per heavy atom. The fourth-order valence-electron chi connectivity index (χ4n) is 1.11. The minimum absolute atomic E-state index is 0.105. The van der Waals surface area contributed by atoms with E-state index in [1.54, 1.807) is 6.20 Å². The van der Waals surface area contributed by atoms with Crippen LogP contribution in [0.4, 0.5) is 0 Å². The van der Waals surface area contributed by atoms with Gasteiger partial charge in [0, 0.05) is 12.5 Å². The number of hydrogen-bond acceptors (Lipinski definition) is 4. The van der Waals surface area contributed by atoms with Crippen LogP contribution in [-0.4, -0.2) is 21.2 Å². The van der Waals surface area contributed by atoms with Gasteiger partial charge in [0.2, 0.25) is 0 Å². The first kappa shape index (κ1) is 7.30. The van der Waals surface area contributed by atoms with E-state index in [1.807, 2.05) is 6.92 Å². The third-order valence-electron chi connectivity index (χ3n) is 1.58. The Bertz CT molecular complexity index is 347. The number of imidazole rings is 1. The molecule has 0 radical (unpaired) electrons. The molecule has 12 heavy (non-hydrogen) atoms. The lowest BCUT2D eigenvalue weighted by Crippen LogP contribution is -2.18. The Kier molecular flexibility index (Phi) is 1.58. The van der Waals surface area contributed by atoms with E-state index in [0.29, 0.717) is 5.71 Å². The predicted octanol–water partition coefficient (Wildman–Crippen LogP) is 0.441. The van der Waals surface area contributed by atoms with Gasteiger partial charge >= 0.3 is 0 Å². The largest absolute Gasteiger partial charge is 0.338 e. The molecule has 0 aliphatic rings. The monoisotopic (exact) mass is 166 g/mol. The van der Waals surface area contributed by atoms with E-state index < -0.39 is 0 Å². The van der Waals surface area contributed by atoms with Gasteiger partial charge in [-0.15, -0.1) is 0 Å². The molecule has 5 heteroatoms. The molecule has 1 atom stereocenters. The number of rotatable bonds is 2. The highest BCUT2D eigenvalue weighted by Gasteiger charge is 2.07. The smallest absolute Gasteiger partial charge is 0.275 e. The molecule has 0 saturated heterocycles. The zero-order chi connectivity index (χ0) is 8.55. The quantitative estimate of drug-likeness (QED) is 0.678. The number of nitrogens with one attached hydrogen (secondary N) is 1. The molecule has 0 spiro atoms. The zero-order valence-corrected chi connectivity index (χ0v) is 6.74. The number of H-pyrrole nitrogens is 1. The van der Waals surface area contributed by atoms with Gasteiger partial charge in [0.1, 0.15) is 11.3 Å². The first-order valence-electron chi connectivity index (χ1n) is 3.80. The van der Waals surface area contributed by atoms with Gasteiger partial charge in [-0.3, -0.25) is 0 Å². The fraction of sp³-hybridized carbons (Fsp3) is 0.429. The van der Waals surface area contributed by atoms with Gasteiger partial charge in [-0.25, -0.2) is 0 Å². The van der Waals surface area contributed by atoms with Crippen molar-refractivity contribution in [3.05, 3.63) is 12.0 Å². The van der Waals surface area contributed by atoms with Crippen molar-refractivity contribution in [1.29, 1.82) is 0 Å². The number of aromatic amines is 1. The second-order valence-corrected chi connectivity index (χ2v) is 2.91. The van der Waals surface area contributed by atoms with E-state index in [2.05, 4.69) is 15.1 Å². The summed E-state index contributed by atoms with van der Waals surface area (Å²) in [6.07, 6.45) is 2.33. The summed E-state index contributed by atoms with van der Waals surface area (Å²) in [6.45, 7) is 1.93. The van der Waals surface area contributed by atoms with Gasteiger partial charge in [0.25, 0.3) is 5.71 Å². The van der Waals surface area contributed by atoms with Crippen molar-refractivity contribution in [3.8, 4) is 0 Å². The second-order valence-electron chi connectivity index (χ2n) is 2.91. The molecule has 1 unspecified atom stereocenters. The van der Waals surface area contributed by atoms with Crippen molar-refractivity contribution in [3.63, 3.8) is 0 Å². The maximum atomic E-state index is 5.61. The van der Waals surface area contributed by atoms with Crippen LogP contribution in [0.2, 0.25) is 0 Å². The summed E-state index contributed by atoms with van der Waals surface area (Å²) in [5.74, 6) is 0.848. The highest BCUT2D eigenvalue weighted by atomic mass is 16.5. The Morgan fingerprint density at radius 1 is 1.75 bits per heavy atom. The number of aromatic nitrogens is 3. The van der Waals surface area contributed by atoms with Gasteiger partial charge in [0.05, 0.1) is 6.20 Å². The summed E-state index contributed by atoms with van der Waals surface area (Å²) < 4.78 is 4.85. The van der Waals surface area contributed by atoms with E-state index >= 15 is 0 Å². The van der Waals surface area contributed by atoms with Crippen molar-refractivity contribution in [2.75, 3.05) is 0 Å². The molecule has 3 N–H and O–H groups in total. The number of nitrogens with two attached hydrogens (primary N) is 1. The third kappa shape index (κ3) is 1.18. The van der Waals surface area contributed by atoms with Crippen molar-refractivity contribution in [2.45, 2.75) is 19.4 Å². The van der Waals surface area contributed by atoms with Gasteiger partial charge < -0.3 is 15.2 Å². The fourth-order valence-corrected chi connectivity index (χ4v) is 1.11. The van der Waals surface area contributed by atoms with E-state index in [0.717, 1.165) is 17.8 Å². The van der Waals surface area contributed by atoms with Crippen LogP contribution in [-0.2, 0) is 6.42 Å². The average molecular weight is 166 g/mol. The Morgan fingerprint density at radius 2 is 2.58 bits per heavy atom. The molecule has 0 bridgehead atoms. The molecule has 2 rings (SSSR count). The molecular formula is C7H10N4O. The van der Waals surface area contributed by atoms with E-state index in [4.69, 9.17) is 10.3 Å². The van der Waals surface area contributed by atoms with Gasteiger partial charge in [-0.05, 0) is 6.92 Å². The molecular weight excluding hydrogens is 156 g/mol. The zero-order valence-electron chi connectivity index (χ0n) is 6.74. The number of fused-ring (bicyclic) bond motifs is 1. The summed E-state index contributed by atoms with van der Waals surface area (Å²) in [4.78, 5) is 7.21. The molecule has 0 aromatic carbocycles. The Balaban J connectivity index is 2.32. The van der Waals surface area contributed by atoms with E-state index in [9.17, 15) is 0 Å². The summed E-state index contributed by atoms with van der Waals surface area (Å²) in [6, 6.07) is 0.105. The van der Waals surface area contributed by atoms with Crippen molar-refractivity contribution >= 4 is 11.2 Å². The van der Waals surface area contributed by atoms with Crippen molar-refractivity contribution < 1.29 is 4.52 Å². The van der Waals surface area contributed by atoms with Crippen LogP contribution in [0.25, 0.3) is 11.2 Å².